The highest BCUT2D eigenvalue weighted by atomic mass is 35.5. The van der Waals surface area contributed by atoms with Crippen LogP contribution in [0.3, 0.4) is 0 Å². The molecule has 0 radical (unpaired) electrons. The van der Waals surface area contributed by atoms with Crippen molar-refractivity contribution in [2.24, 2.45) is 0 Å². The fourth-order valence-corrected chi connectivity index (χ4v) is 2.71. The number of carbonyl (C=O) groups excluding carboxylic acids is 2. The van der Waals surface area contributed by atoms with Gasteiger partial charge in [-0.3, -0.25) is 9.59 Å². The van der Waals surface area contributed by atoms with Gasteiger partial charge in [0.1, 0.15) is 11.4 Å². The molecule has 0 saturated carbocycles. The van der Waals surface area contributed by atoms with Gasteiger partial charge in [-0.05, 0) is 44.0 Å². The maximum Gasteiger partial charge on any atom is 0.272 e. The van der Waals surface area contributed by atoms with E-state index in [1.165, 1.54) is 14.0 Å². The van der Waals surface area contributed by atoms with Crippen LogP contribution in [-0.4, -0.2) is 23.8 Å². The molecule has 0 aliphatic rings. The molecule has 6 nitrogen and oxygen atoms in total. The quantitative estimate of drug-likeness (QED) is 0.568. The Labute approximate surface area is 147 Å². The number of aryl methyl sites for hydroxylation is 1. The third-order valence-electron chi connectivity index (χ3n) is 3.71. The van der Waals surface area contributed by atoms with Crippen molar-refractivity contribution < 1.29 is 14.3 Å². The Hall–Kier alpha value is -2.47. The minimum absolute atomic E-state index is 0. The number of benzene rings is 1. The molecule has 1 heterocycles. The van der Waals surface area contributed by atoms with Gasteiger partial charge in [-0.2, -0.15) is 0 Å². The number of nitrogens with two attached hydrogens (primary N) is 1. The number of ether oxygens (including phenoxy) is 1. The van der Waals surface area contributed by atoms with Crippen molar-refractivity contribution in [3.05, 3.63) is 40.7 Å². The van der Waals surface area contributed by atoms with Crippen molar-refractivity contribution in [2.45, 2.75) is 27.2 Å². The van der Waals surface area contributed by atoms with Crippen LogP contribution in [-0.2, 0) is 6.42 Å². The Morgan fingerprint density at radius 1 is 1.33 bits per heavy atom. The van der Waals surface area contributed by atoms with Crippen molar-refractivity contribution in [2.75, 3.05) is 18.2 Å². The molecule has 24 heavy (non-hydrogen) atoms. The number of amides is 1. The summed E-state index contributed by atoms with van der Waals surface area (Å²) in [6.07, 6.45) is 0.590. The molecule has 1 aromatic heterocycles. The van der Waals surface area contributed by atoms with Gasteiger partial charge >= 0.3 is 0 Å². The van der Waals surface area contributed by atoms with Crippen molar-refractivity contribution in [1.29, 1.82) is 0 Å². The highest BCUT2D eigenvalue weighted by molar-refractivity contribution is 6.08. The zero-order chi connectivity index (χ0) is 17.1. The molecule has 0 aliphatic heterocycles. The number of aromatic nitrogens is 1. The fraction of sp³-hybridized carbons (Fsp3) is 0.294. The number of methoxy groups -OCH3 is 1. The van der Waals surface area contributed by atoms with Crippen molar-refractivity contribution in [1.82, 2.24) is 4.98 Å². The first-order valence-corrected chi connectivity index (χ1v) is 7.36. The third-order valence-corrected chi connectivity index (χ3v) is 3.71. The lowest BCUT2D eigenvalue weighted by atomic mass is 10.0. The topological polar surface area (TPSA) is 97.2 Å². The zero-order valence-corrected chi connectivity index (χ0v) is 15.0. The van der Waals surface area contributed by atoms with Gasteiger partial charge in [-0.15, -0.1) is 12.4 Å². The summed E-state index contributed by atoms with van der Waals surface area (Å²) in [4.78, 5) is 27.3. The van der Waals surface area contributed by atoms with Gasteiger partial charge in [-0.25, -0.2) is 0 Å². The van der Waals surface area contributed by atoms with Gasteiger partial charge in [-0.1, -0.05) is 6.92 Å². The molecule has 1 amide bonds. The molecule has 0 fully saturated rings. The minimum atomic E-state index is -0.304. The van der Waals surface area contributed by atoms with Gasteiger partial charge in [0.05, 0.1) is 12.8 Å². The average Bonchev–Trinajstić information content (AvgIpc) is 2.84. The highest BCUT2D eigenvalue weighted by Gasteiger charge is 2.21. The Morgan fingerprint density at radius 3 is 2.50 bits per heavy atom. The maximum atomic E-state index is 12.5. The number of hydrogen-bond acceptors (Lipinski definition) is 4. The van der Waals surface area contributed by atoms with Crippen molar-refractivity contribution in [3.63, 3.8) is 0 Å². The van der Waals surface area contributed by atoms with Gasteiger partial charge in [0.15, 0.2) is 5.78 Å². The van der Waals surface area contributed by atoms with Crippen LogP contribution in [0, 0.1) is 6.92 Å². The molecule has 0 saturated heterocycles. The number of H-pyrrole nitrogens is 1. The largest absolute Gasteiger partial charge is 0.495 e. The summed E-state index contributed by atoms with van der Waals surface area (Å²) >= 11 is 0. The van der Waals surface area contributed by atoms with Crippen LogP contribution in [0.2, 0.25) is 0 Å². The molecule has 130 valence electrons. The van der Waals surface area contributed by atoms with Crippen LogP contribution < -0.4 is 15.8 Å². The number of anilines is 2. The number of Topliss-reactive ketones (excluding diaryl/α,β-unsaturated/α-hetero) is 1. The summed E-state index contributed by atoms with van der Waals surface area (Å²) in [5.41, 5.74) is 9.27. The smallest absolute Gasteiger partial charge is 0.272 e. The Kier molecular flexibility index (Phi) is 6.42. The number of nitrogens with one attached hydrogen (secondary N) is 2. The van der Waals surface area contributed by atoms with E-state index in [2.05, 4.69) is 10.3 Å². The molecule has 0 aliphatic carbocycles. The van der Waals surface area contributed by atoms with Gasteiger partial charge in [0, 0.05) is 16.9 Å². The van der Waals surface area contributed by atoms with Crippen LogP contribution in [0.25, 0.3) is 0 Å². The second kappa shape index (κ2) is 7.88. The first kappa shape index (κ1) is 19.6. The maximum absolute atomic E-state index is 12.5. The molecule has 2 aromatic rings. The molecular weight excluding hydrogens is 330 g/mol. The van der Waals surface area contributed by atoms with E-state index in [1.807, 2.05) is 6.92 Å². The molecular formula is C17H22ClN3O3. The normalized spacial score (nSPS) is 10.0. The SMILES string of the molecule is CCc1c(C(=O)Nc2ccc(OC)c(N)c2)[nH]c(C)c1C(C)=O.Cl. The average molecular weight is 352 g/mol. The van der Waals surface area contributed by atoms with E-state index in [0.717, 1.165) is 5.56 Å². The molecule has 0 spiro atoms. The summed E-state index contributed by atoms with van der Waals surface area (Å²) in [5.74, 6) is 0.192. The van der Waals surface area contributed by atoms with E-state index < -0.39 is 0 Å². The Bertz CT molecular complexity index is 769. The number of halogens is 1. The predicted octanol–water partition coefficient (Wildman–Crippen LogP) is 3.35. The lowest BCUT2D eigenvalue weighted by molar-refractivity contribution is 0.101. The minimum Gasteiger partial charge on any atom is -0.495 e. The number of carbonyl (C=O) groups is 2. The first-order valence-electron chi connectivity index (χ1n) is 7.36. The van der Waals surface area contributed by atoms with Crippen molar-refractivity contribution >= 4 is 35.5 Å². The molecule has 0 bridgehead atoms. The summed E-state index contributed by atoms with van der Waals surface area (Å²) in [7, 11) is 1.53. The molecule has 2 rings (SSSR count). The summed E-state index contributed by atoms with van der Waals surface area (Å²) in [5, 5.41) is 2.79. The van der Waals surface area contributed by atoms with Crippen molar-refractivity contribution in [3.8, 4) is 5.75 Å². The van der Waals surface area contributed by atoms with E-state index in [-0.39, 0.29) is 24.1 Å². The predicted molar refractivity (Wildman–Crippen MR) is 97.5 cm³/mol. The summed E-state index contributed by atoms with van der Waals surface area (Å²) in [6, 6.07) is 5.02. The lowest BCUT2D eigenvalue weighted by Gasteiger charge is -2.09. The molecule has 0 unspecified atom stereocenters. The molecule has 4 N–H and O–H groups in total. The van der Waals surface area contributed by atoms with Crippen LogP contribution in [0.1, 0.15) is 46.0 Å². The fourth-order valence-electron chi connectivity index (χ4n) is 2.71. The number of aromatic amines is 1. The van der Waals surface area contributed by atoms with E-state index >= 15 is 0 Å². The molecule has 7 heteroatoms. The van der Waals surface area contributed by atoms with E-state index in [1.54, 1.807) is 25.1 Å². The zero-order valence-electron chi connectivity index (χ0n) is 14.1. The van der Waals surface area contributed by atoms with Gasteiger partial charge in [0.2, 0.25) is 0 Å². The van der Waals surface area contributed by atoms with Gasteiger partial charge < -0.3 is 20.8 Å². The second-order valence-corrected chi connectivity index (χ2v) is 5.30. The summed E-state index contributed by atoms with van der Waals surface area (Å²) in [6.45, 7) is 5.20. The van der Waals surface area contributed by atoms with Crippen LogP contribution in [0.5, 0.6) is 5.75 Å². The number of rotatable bonds is 5. The Balaban J connectivity index is 0.00000288. The van der Waals surface area contributed by atoms with E-state index in [4.69, 9.17) is 10.5 Å². The van der Waals surface area contributed by atoms with E-state index in [9.17, 15) is 9.59 Å². The second-order valence-electron chi connectivity index (χ2n) is 5.30. The standard InChI is InChI=1S/C17H21N3O3.ClH/c1-5-12-15(10(3)21)9(2)19-16(12)17(22)20-11-6-7-14(23-4)13(18)8-11;/h6-8,19H,5,18H2,1-4H3,(H,20,22);1H. The van der Waals surface area contributed by atoms with Crippen LogP contribution >= 0.6 is 12.4 Å². The van der Waals surface area contributed by atoms with Crippen LogP contribution in [0.15, 0.2) is 18.2 Å². The number of hydrogen-bond donors (Lipinski definition) is 3. The molecule has 0 atom stereocenters. The first-order chi connectivity index (χ1) is 10.9. The monoisotopic (exact) mass is 351 g/mol. The Morgan fingerprint density at radius 2 is 2.00 bits per heavy atom. The molecule has 1 aromatic carbocycles. The van der Waals surface area contributed by atoms with Gasteiger partial charge in [0.25, 0.3) is 5.91 Å². The highest BCUT2D eigenvalue weighted by Crippen LogP contribution is 2.26. The van der Waals surface area contributed by atoms with Crippen LogP contribution in [0.4, 0.5) is 11.4 Å². The summed E-state index contributed by atoms with van der Waals surface area (Å²) < 4.78 is 5.09. The van der Waals surface area contributed by atoms with E-state index in [0.29, 0.717) is 40.5 Å². The number of nitrogen functional groups attached to an aromatic ring is 1. The number of ketones is 1. The third kappa shape index (κ3) is 3.71. The lowest BCUT2D eigenvalue weighted by Crippen LogP contribution is -2.15.